The Kier molecular flexibility index (Phi) is 11.8. The molecule has 0 atom stereocenters. The molecule has 0 spiro atoms. The van der Waals surface area contributed by atoms with Crippen LogP contribution in [-0.4, -0.2) is 96.6 Å². The first-order valence-electron chi connectivity index (χ1n) is 13.9. The van der Waals surface area contributed by atoms with Gasteiger partial charge in [-0.3, -0.25) is 14.7 Å². The molecule has 4 aliphatic rings. The molecule has 0 radical (unpaired) electrons. The molecule has 0 amide bonds. The van der Waals surface area contributed by atoms with Gasteiger partial charge < -0.3 is 4.90 Å². The van der Waals surface area contributed by atoms with Crippen LogP contribution >= 0.6 is 0 Å². The molecule has 4 nitrogen and oxygen atoms in total. The predicted octanol–water partition coefficient (Wildman–Crippen LogP) is 4.90. The zero-order valence-electron chi connectivity index (χ0n) is 22.4. The largest absolute Gasteiger partial charge is 0.301 e. The highest BCUT2D eigenvalue weighted by molar-refractivity contribution is 4.99. The minimum atomic E-state index is 0.731. The first-order chi connectivity index (χ1) is 15.0. The van der Waals surface area contributed by atoms with E-state index in [1.54, 1.807) is 0 Å². The molecular formula is C27H56N4. The molecule has 0 bridgehead atoms. The van der Waals surface area contributed by atoms with Crippen molar-refractivity contribution < 1.29 is 0 Å². The SMILES string of the molecule is CC.CC.CC(C)C1CCN(C2CN(C3CN(CC4CCN(C(C)C)CC4)C3)C2)CC1. The third kappa shape index (κ3) is 7.42. The van der Waals surface area contributed by atoms with Crippen LogP contribution in [0.3, 0.4) is 0 Å². The van der Waals surface area contributed by atoms with Crippen LogP contribution in [0, 0.1) is 17.8 Å². The van der Waals surface area contributed by atoms with Gasteiger partial charge in [-0.1, -0.05) is 41.5 Å². The number of rotatable bonds is 6. The van der Waals surface area contributed by atoms with E-state index in [0.717, 1.165) is 35.9 Å². The lowest BCUT2D eigenvalue weighted by Gasteiger charge is -2.55. The van der Waals surface area contributed by atoms with E-state index in [-0.39, 0.29) is 0 Å². The number of piperidine rings is 2. The first-order valence-corrected chi connectivity index (χ1v) is 13.9. The van der Waals surface area contributed by atoms with Crippen molar-refractivity contribution >= 4 is 0 Å². The molecule has 31 heavy (non-hydrogen) atoms. The summed E-state index contributed by atoms with van der Waals surface area (Å²) in [7, 11) is 0. The smallest absolute Gasteiger partial charge is 0.0351 e. The van der Waals surface area contributed by atoms with Gasteiger partial charge in [0, 0.05) is 50.8 Å². The minimum absolute atomic E-state index is 0.731. The number of likely N-dealkylation sites (tertiary alicyclic amines) is 4. The maximum atomic E-state index is 2.80. The quantitative estimate of drug-likeness (QED) is 0.587. The third-order valence-electron chi connectivity index (χ3n) is 8.27. The van der Waals surface area contributed by atoms with Gasteiger partial charge in [0.2, 0.25) is 0 Å². The molecule has 0 saturated carbocycles. The van der Waals surface area contributed by atoms with Crippen molar-refractivity contribution in [3.8, 4) is 0 Å². The summed E-state index contributed by atoms with van der Waals surface area (Å²) >= 11 is 0. The summed E-state index contributed by atoms with van der Waals surface area (Å²) in [6.45, 7) is 29.6. The highest BCUT2D eigenvalue weighted by atomic mass is 15.4. The normalized spacial score (nSPS) is 26.1. The molecule has 0 unspecified atom stereocenters. The topological polar surface area (TPSA) is 13.0 Å². The van der Waals surface area contributed by atoms with Gasteiger partial charge in [0.05, 0.1) is 0 Å². The second-order valence-corrected chi connectivity index (χ2v) is 10.7. The van der Waals surface area contributed by atoms with Crippen LogP contribution in [0.4, 0.5) is 0 Å². The molecular weight excluding hydrogens is 380 g/mol. The van der Waals surface area contributed by atoms with E-state index < -0.39 is 0 Å². The first kappa shape index (κ1) is 27.1. The van der Waals surface area contributed by atoms with Crippen LogP contribution in [0.2, 0.25) is 0 Å². The zero-order chi connectivity index (χ0) is 23.0. The second kappa shape index (κ2) is 13.5. The summed E-state index contributed by atoms with van der Waals surface area (Å²) in [5, 5.41) is 0. The molecule has 0 aromatic carbocycles. The molecule has 0 aromatic heterocycles. The summed E-state index contributed by atoms with van der Waals surface area (Å²) in [4.78, 5) is 11.0. The monoisotopic (exact) mass is 436 g/mol. The molecule has 0 N–H and O–H groups in total. The minimum Gasteiger partial charge on any atom is -0.301 e. The number of nitrogens with zero attached hydrogens (tertiary/aromatic N) is 4. The molecule has 4 saturated heterocycles. The maximum absolute atomic E-state index is 2.80. The van der Waals surface area contributed by atoms with Crippen molar-refractivity contribution in [3.63, 3.8) is 0 Å². The Bertz CT molecular complexity index is 452. The van der Waals surface area contributed by atoms with Gasteiger partial charge in [0.25, 0.3) is 0 Å². The van der Waals surface area contributed by atoms with Crippen LogP contribution in [-0.2, 0) is 0 Å². The molecule has 0 aromatic rings. The van der Waals surface area contributed by atoms with Crippen molar-refractivity contribution in [3.05, 3.63) is 0 Å². The van der Waals surface area contributed by atoms with E-state index in [1.165, 1.54) is 84.6 Å². The Hall–Kier alpha value is -0.160. The summed E-state index contributed by atoms with van der Waals surface area (Å²) in [5.41, 5.74) is 0. The van der Waals surface area contributed by atoms with Crippen LogP contribution in [0.1, 0.15) is 81.1 Å². The Balaban J connectivity index is 0.000000807. The van der Waals surface area contributed by atoms with Crippen LogP contribution in [0.5, 0.6) is 0 Å². The third-order valence-corrected chi connectivity index (χ3v) is 8.27. The van der Waals surface area contributed by atoms with Gasteiger partial charge in [0.1, 0.15) is 0 Å². The fourth-order valence-electron chi connectivity index (χ4n) is 5.91. The van der Waals surface area contributed by atoms with Crippen molar-refractivity contribution in [1.82, 2.24) is 19.6 Å². The standard InChI is InChI=1S/C23H44N4.2C2H6/c1-18(2)21-7-11-26(12-8-21)23-16-27(17-23)22-14-24(15-22)13-20-5-9-25(10-6-20)19(3)4;2*1-2/h18-23H,5-17H2,1-4H3;2*1-2H3. The average molecular weight is 437 g/mol. The average Bonchev–Trinajstić information content (AvgIpc) is 2.74. The van der Waals surface area contributed by atoms with Gasteiger partial charge >= 0.3 is 0 Å². The lowest BCUT2D eigenvalue weighted by molar-refractivity contribution is -0.0635. The van der Waals surface area contributed by atoms with Gasteiger partial charge in [-0.15, -0.1) is 0 Å². The van der Waals surface area contributed by atoms with E-state index in [4.69, 9.17) is 0 Å². The van der Waals surface area contributed by atoms with E-state index in [9.17, 15) is 0 Å². The van der Waals surface area contributed by atoms with Gasteiger partial charge in [-0.2, -0.15) is 0 Å². The summed E-state index contributed by atoms with van der Waals surface area (Å²) in [5.74, 6) is 2.81. The second-order valence-electron chi connectivity index (χ2n) is 10.7. The van der Waals surface area contributed by atoms with Crippen LogP contribution in [0.15, 0.2) is 0 Å². The summed E-state index contributed by atoms with van der Waals surface area (Å²) in [6, 6.07) is 2.47. The lowest BCUT2D eigenvalue weighted by Crippen LogP contribution is -2.70. The summed E-state index contributed by atoms with van der Waals surface area (Å²) < 4.78 is 0. The molecule has 184 valence electrons. The fraction of sp³-hybridized carbons (Fsp3) is 1.00. The Morgan fingerprint density at radius 3 is 1.65 bits per heavy atom. The lowest BCUT2D eigenvalue weighted by atomic mass is 9.85. The molecule has 4 heteroatoms. The molecule has 4 heterocycles. The highest BCUT2D eigenvalue weighted by Gasteiger charge is 2.42. The fourth-order valence-corrected chi connectivity index (χ4v) is 5.91. The van der Waals surface area contributed by atoms with E-state index in [1.807, 2.05) is 27.7 Å². The van der Waals surface area contributed by atoms with E-state index in [0.29, 0.717) is 0 Å². The number of hydrogen-bond donors (Lipinski definition) is 0. The van der Waals surface area contributed by atoms with Gasteiger partial charge in [-0.25, -0.2) is 0 Å². The van der Waals surface area contributed by atoms with Gasteiger partial charge in [0.15, 0.2) is 0 Å². The molecule has 4 aliphatic heterocycles. The molecule has 4 rings (SSSR count). The molecule has 0 aliphatic carbocycles. The van der Waals surface area contributed by atoms with Crippen molar-refractivity contribution in [2.75, 3.05) is 58.9 Å². The van der Waals surface area contributed by atoms with Crippen LogP contribution < -0.4 is 0 Å². The maximum Gasteiger partial charge on any atom is 0.0351 e. The highest BCUT2D eigenvalue weighted by Crippen LogP contribution is 2.30. The Morgan fingerprint density at radius 2 is 1.16 bits per heavy atom. The van der Waals surface area contributed by atoms with E-state index >= 15 is 0 Å². The predicted molar refractivity (Wildman–Crippen MR) is 137 cm³/mol. The molecule has 4 fully saturated rings. The van der Waals surface area contributed by atoms with E-state index in [2.05, 4.69) is 47.3 Å². The zero-order valence-corrected chi connectivity index (χ0v) is 22.4. The summed E-state index contributed by atoms with van der Waals surface area (Å²) in [6.07, 6.45) is 5.69. The van der Waals surface area contributed by atoms with Crippen molar-refractivity contribution in [1.29, 1.82) is 0 Å². The Morgan fingerprint density at radius 1 is 0.645 bits per heavy atom. The number of hydrogen-bond acceptors (Lipinski definition) is 4. The van der Waals surface area contributed by atoms with Crippen molar-refractivity contribution in [2.24, 2.45) is 17.8 Å². The van der Waals surface area contributed by atoms with Crippen LogP contribution in [0.25, 0.3) is 0 Å². The van der Waals surface area contributed by atoms with Gasteiger partial charge in [-0.05, 0) is 83.5 Å². The van der Waals surface area contributed by atoms with Crippen molar-refractivity contribution in [2.45, 2.75) is 99.2 Å². The Labute approximate surface area is 195 Å².